The maximum absolute atomic E-state index is 13.3. The van der Waals surface area contributed by atoms with Crippen molar-refractivity contribution in [3.8, 4) is 0 Å². The molecular weight excluding hydrogens is 415 g/mol. The Labute approximate surface area is 186 Å². The third kappa shape index (κ3) is 5.49. The van der Waals surface area contributed by atoms with E-state index in [2.05, 4.69) is 4.98 Å². The molecule has 3 rings (SSSR count). The largest absolute Gasteiger partial charge is 0.466 e. The average Bonchev–Trinajstić information content (AvgIpc) is 2.74. The molecule has 1 aliphatic heterocycles. The van der Waals surface area contributed by atoms with E-state index in [1.807, 2.05) is 0 Å². The monoisotopic (exact) mass is 442 g/mol. The van der Waals surface area contributed by atoms with Gasteiger partial charge in [-0.1, -0.05) is 12.1 Å². The van der Waals surface area contributed by atoms with E-state index in [-0.39, 0.29) is 24.2 Å². The van der Waals surface area contributed by atoms with Gasteiger partial charge >= 0.3 is 11.9 Å². The number of rotatable bonds is 7. The lowest BCUT2D eigenvalue weighted by Gasteiger charge is -2.32. The number of halogens is 1. The molecule has 0 radical (unpaired) electrons. The zero-order chi connectivity index (χ0) is 23.3. The van der Waals surface area contributed by atoms with E-state index in [0.717, 1.165) is 16.7 Å². The fourth-order valence-electron chi connectivity index (χ4n) is 3.75. The van der Waals surface area contributed by atoms with E-state index in [1.54, 1.807) is 39.1 Å². The third-order valence-electron chi connectivity index (χ3n) is 5.07. The number of nitrogens with zero attached hydrogens (tertiary/aromatic N) is 2. The van der Waals surface area contributed by atoms with E-state index in [1.165, 1.54) is 17.0 Å². The smallest absolute Gasteiger partial charge is 0.359 e. The highest BCUT2D eigenvalue weighted by molar-refractivity contribution is 6.07. The Hall–Kier alpha value is -3.29. The molecule has 0 aliphatic carbocycles. The van der Waals surface area contributed by atoms with Crippen LogP contribution in [0.2, 0.25) is 0 Å². The first-order valence-corrected chi connectivity index (χ1v) is 10.7. The van der Waals surface area contributed by atoms with E-state index in [9.17, 15) is 18.8 Å². The Balaban J connectivity index is 2.03. The van der Waals surface area contributed by atoms with E-state index in [4.69, 9.17) is 9.47 Å². The molecule has 1 aromatic carbocycles. The van der Waals surface area contributed by atoms with E-state index < -0.39 is 24.3 Å². The van der Waals surface area contributed by atoms with Crippen molar-refractivity contribution >= 4 is 23.5 Å². The molecule has 1 amide bonds. The van der Waals surface area contributed by atoms with Gasteiger partial charge in [0.1, 0.15) is 12.2 Å². The molecule has 7 nitrogen and oxygen atoms in total. The van der Waals surface area contributed by atoms with E-state index in [0.29, 0.717) is 31.5 Å². The zero-order valence-electron chi connectivity index (χ0n) is 18.5. The second-order valence-electron chi connectivity index (χ2n) is 7.85. The Kier molecular flexibility index (Phi) is 7.56. The van der Waals surface area contributed by atoms with Crippen molar-refractivity contribution in [2.45, 2.75) is 52.6 Å². The number of hydrogen-bond donors (Lipinski definition) is 0. The summed E-state index contributed by atoms with van der Waals surface area (Å²) in [5, 5.41) is 0. The molecule has 0 fully saturated rings. The van der Waals surface area contributed by atoms with Crippen LogP contribution in [-0.4, -0.2) is 42.1 Å². The predicted octanol–water partition coefficient (Wildman–Crippen LogP) is 3.61. The van der Waals surface area contributed by atoms with Crippen LogP contribution in [0.25, 0.3) is 0 Å². The summed E-state index contributed by atoms with van der Waals surface area (Å²) in [5.74, 6) is -2.02. The Morgan fingerprint density at radius 2 is 1.91 bits per heavy atom. The number of hydrogen-bond acceptors (Lipinski definition) is 6. The number of aromatic nitrogens is 1. The fourth-order valence-corrected chi connectivity index (χ4v) is 3.75. The maximum atomic E-state index is 13.3. The molecule has 1 aliphatic rings. The van der Waals surface area contributed by atoms with Crippen LogP contribution in [0.4, 0.5) is 10.1 Å². The normalized spacial score (nSPS) is 13.0. The number of benzene rings is 1. The first-order chi connectivity index (χ1) is 15.3. The van der Waals surface area contributed by atoms with Gasteiger partial charge in [0.15, 0.2) is 5.69 Å². The number of carbonyl (C=O) groups excluding carboxylic acids is 3. The number of anilines is 1. The summed E-state index contributed by atoms with van der Waals surface area (Å²) in [6.45, 7) is 5.67. The molecule has 2 aromatic rings. The molecule has 0 unspecified atom stereocenters. The third-order valence-corrected chi connectivity index (χ3v) is 5.07. The average molecular weight is 442 g/mol. The molecule has 0 saturated carbocycles. The first-order valence-electron chi connectivity index (χ1n) is 10.7. The van der Waals surface area contributed by atoms with Gasteiger partial charge in [-0.05, 0) is 68.9 Å². The van der Waals surface area contributed by atoms with Gasteiger partial charge in [0.05, 0.1) is 18.4 Å². The SMILES string of the molecule is CCOC(=O)CC(=O)N1CCCc2c(Cc3ccc(F)cc3)cnc(C(=O)OC(C)C)c21. The predicted molar refractivity (Wildman–Crippen MR) is 116 cm³/mol. The van der Waals surface area contributed by atoms with Crippen LogP contribution in [-0.2, 0) is 31.9 Å². The minimum atomic E-state index is -0.625. The molecule has 0 N–H and O–H groups in total. The minimum absolute atomic E-state index is 0.0495. The topological polar surface area (TPSA) is 85.8 Å². The van der Waals surface area contributed by atoms with Gasteiger partial charge in [-0.15, -0.1) is 0 Å². The van der Waals surface area contributed by atoms with Gasteiger partial charge in [-0.25, -0.2) is 14.2 Å². The molecule has 2 heterocycles. The number of ether oxygens (including phenoxy) is 2. The molecule has 0 atom stereocenters. The quantitative estimate of drug-likeness (QED) is 0.481. The number of esters is 2. The standard InChI is InChI=1S/C24H27FN2O5/c1-4-31-21(29)13-20(28)27-11-5-6-19-17(12-16-7-9-18(25)10-8-16)14-26-22(23(19)27)24(30)32-15(2)3/h7-10,14-15H,4-6,11-13H2,1-3H3. The summed E-state index contributed by atoms with van der Waals surface area (Å²) in [6, 6.07) is 6.15. The summed E-state index contributed by atoms with van der Waals surface area (Å²) in [4.78, 5) is 43.4. The summed E-state index contributed by atoms with van der Waals surface area (Å²) < 4.78 is 23.6. The van der Waals surface area contributed by atoms with Crippen molar-refractivity contribution in [2.75, 3.05) is 18.1 Å². The van der Waals surface area contributed by atoms with Crippen LogP contribution >= 0.6 is 0 Å². The molecule has 8 heteroatoms. The molecular formula is C24H27FN2O5. The fraction of sp³-hybridized carbons (Fsp3) is 0.417. The Morgan fingerprint density at radius 3 is 2.56 bits per heavy atom. The number of carbonyl (C=O) groups is 3. The summed E-state index contributed by atoms with van der Waals surface area (Å²) in [5.41, 5.74) is 2.96. The van der Waals surface area contributed by atoms with Crippen LogP contribution in [0.3, 0.4) is 0 Å². The van der Waals surface area contributed by atoms with Gasteiger partial charge in [0.2, 0.25) is 5.91 Å². The number of fused-ring (bicyclic) bond motifs is 1. The summed E-state index contributed by atoms with van der Waals surface area (Å²) >= 11 is 0. The molecule has 1 aromatic heterocycles. The van der Waals surface area contributed by atoms with Crippen molar-refractivity contribution < 1.29 is 28.2 Å². The lowest BCUT2D eigenvalue weighted by atomic mass is 9.92. The highest BCUT2D eigenvalue weighted by Gasteiger charge is 2.32. The molecule has 0 saturated heterocycles. The van der Waals surface area contributed by atoms with Crippen molar-refractivity contribution in [3.05, 3.63) is 58.7 Å². The van der Waals surface area contributed by atoms with Crippen LogP contribution in [0.5, 0.6) is 0 Å². The molecule has 0 bridgehead atoms. The Morgan fingerprint density at radius 1 is 1.19 bits per heavy atom. The van der Waals surface area contributed by atoms with Gasteiger partial charge in [-0.3, -0.25) is 9.59 Å². The van der Waals surface area contributed by atoms with Crippen molar-refractivity contribution in [1.29, 1.82) is 0 Å². The maximum Gasteiger partial charge on any atom is 0.359 e. The van der Waals surface area contributed by atoms with Crippen LogP contribution in [0.1, 0.15) is 60.8 Å². The van der Waals surface area contributed by atoms with Crippen molar-refractivity contribution in [2.24, 2.45) is 0 Å². The van der Waals surface area contributed by atoms with Crippen molar-refractivity contribution in [1.82, 2.24) is 4.98 Å². The minimum Gasteiger partial charge on any atom is -0.466 e. The van der Waals surface area contributed by atoms with Crippen LogP contribution in [0, 0.1) is 5.82 Å². The van der Waals surface area contributed by atoms with Crippen molar-refractivity contribution in [3.63, 3.8) is 0 Å². The molecule has 32 heavy (non-hydrogen) atoms. The summed E-state index contributed by atoms with van der Waals surface area (Å²) in [6.07, 6.45) is 2.60. The van der Waals surface area contributed by atoms with Gasteiger partial charge in [0.25, 0.3) is 0 Å². The van der Waals surface area contributed by atoms with Gasteiger partial charge in [0, 0.05) is 12.7 Å². The lowest BCUT2D eigenvalue weighted by molar-refractivity contribution is -0.145. The number of pyridine rings is 1. The van der Waals surface area contributed by atoms with Gasteiger partial charge in [-0.2, -0.15) is 0 Å². The van der Waals surface area contributed by atoms with Gasteiger partial charge < -0.3 is 14.4 Å². The van der Waals surface area contributed by atoms with Crippen LogP contribution < -0.4 is 4.90 Å². The van der Waals surface area contributed by atoms with E-state index >= 15 is 0 Å². The van der Waals surface area contributed by atoms with Crippen LogP contribution in [0.15, 0.2) is 30.5 Å². The highest BCUT2D eigenvalue weighted by atomic mass is 19.1. The highest BCUT2D eigenvalue weighted by Crippen LogP contribution is 2.34. The first kappa shape index (κ1) is 23.4. The second-order valence-corrected chi connectivity index (χ2v) is 7.85. The summed E-state index contributed by atoms with van der Waals surface area (Å²) in [7, 11) is 0. The zero-order valence-corrected chi connectivity index (χ0v) is 18.5. The lowest BCUT2D eigenvalue weighted by Crippen LogP contribution is -2.39. The molecule has 0 spiro atoms. The number of amides is 1. The Bertz CT molecular complexity index is 1000. The molecule has 170 valence electrons. The second kappa shape index (κ2) is 10.3.